The second-order valence-corrected chi connectivity index (χ2v) is 4.95. The first-order valence-corrected chi connectivity index (χ1v) is 6.99. The van der Waals surface area contributed by atoms with E-state index in [-0.39, 0.29) is 17.8 Å². The van der Waals surface area contributed by atoms with Crippen molar-refractivity contribution in [1.29, 1.82) is 0 Å². The van der Waals surface area contributed by atoms with Crippen molar-refractivity contribution in [1.82, 2.24) is 16.0 Å². The standard InChI is InChI=1S/C15H23FN4O/c1-11(2)20-14(21)8-9-18-15(17-3)19-10-12-4-6-13(16)7-5-12/h4-7,11H,8-10H2,1-3H3,(H,20,21)(H2,17,18,19). The molecule has 0 bridgehead atoms. The summed E-state index contributed by atoms with van der Waals surface area (Å²) < 4.78 is 12.8. The fourth-order valence-electron chi connectivity index (χ4n) is 1.70. The van der Waals surface area contributed by atoms with Crippen molar-refractivity contribution in [3.8, 4) is 0 Å². The van der Waals surface area contributed by atoms with Crippen LogP contribution >= 0.6 is 0 Å². The number of amides is 1. The summed E-state index contributed by atoms with van der Waals surface area (Å²) >= 11 is 0. The normalized spacial score (nSPS) is 11.4. The molecule has 6 heteroatoms. The van der Waals surface area contributed by atoms with Gasteiger partial charge in [0.2, 0.25) is 5.91 Å². The van der Waals surface area contributed by atoms with Crippen LogP contribution in [0.1, 0.15) is 25.8 Å². The maximum Gasteiger partial charge on any atom is 0.221 e. The molecule has 116 valence electrons. The van der Waals surface area contributed by atoms with Gasteiger partial charge in [-0.15, -0.1) is 0 Å². The van der Waals surface area contributed by atoms with Gasteiger partial charge in [-0.25, -0.2) is 4.39 Å². The van der Waals surface area contributed by atoms with E-state index < -0.39 is 0 Å². The quantitative estimate of drug-likeness (QED) is 0.549. The van der Waals surface area contributed by atoms with Crippen LogP contribution in [0.15, 0.2) is 29.3 Å². The average Bonchev–Trinajstić information content (AvgIpc) is 2.43. The van der Waals surface area contributed by atoms with Gasteiger partial charge in [0.15, 0.2) is 5.96 Å². The molecule has 0 heterocycles. The minimum absolute atomic E-state index is 0.00601. The number of hydrogen-bond donors (Lipinski definition) is 3. The van der Waals surface area contributed by atoms with Gasteiger partial charge in [-0.05, 0) is 31.5 Å². The van der Waals surface area contributed by atoms with E-state index in [0.717, 1.165) is 5.56 Å². The van der Waals surface area contributed by atoms with Gasteiger partial charge in [-0.1, -0.05) is 12.1 Å². The summed E-state index contributed by atoms with van der Waals surface area (Å²) in [5, 5.41) is 8.99. The molecule has 1 aromatic rings. The summed E-state index contributed by atoms with van der Waals surface area (Å²) in [7, 11) is 1.66. The van der Waals surface area contributed by atoms with Crippen LogP contribution in [0, 0.1) is 5.82 Å². The molecule has 1 amide bonds. The first-order chi connectivity index (χ1) is 10.0. The maximum absolute atomic E-state index is 12.8. The highest BCUT2D eigenvalue weighted by atomic mass is 19.1. The zero-order valence-electron chi connectivity index (χ0n) is 12.7. The zero-order valence-corrected chi connectivity index (χ0v) is 12.7. The lowest BCUT2D eigenvalue weighted by Gasteiger charge is -2.12. The molecule has 0 aromatic heterocycles. The number of nitrogens with zero attached hydrogens (tertiary/aromatic N) is 1. The first-order valence-electron chi connectivity index (χ1n) is 6.99. The second kappa shape index (κ2) is 8.94. The van der Waals surface area contributed by atoms with E-state index in [1.165, 1.54) is 12.1 Å². The lowest BCUT2D eigenvalue weighted by atomic mass is 10.2. The number of halogens is 1. The molecule has 21 heavy (non-hydrogen) atoms. The number of nitrogens with one attached hydrogen (secondary N) is 3. The van der Waals surface area contributed by atoms with Crippen molar-refractivity contribution >= 4 is 11.9 Å². The Bertz CT molecular complexity index is 471. The first kappa shape index (κ1) is 16.9. The third-order valence-electron chi connectivity index (χ3n) is 2.69. The summed E-state index contributed by atoms with van der Waals surface area (Å²) in [5.74, 6) is 0.362. The number of hydrogen-bond acceptors (Lipinski definition) is 2. The SMILES string of the molecule is CN=C(NCCC(=O)NC(C)C)NCc1ccc(F)cc1. The number of benzene rings is 1. The molecule has 0 fully saturated rings. The van der Waals surface area contributed by atoms with Gasteiger partial charge >= 0.3 is 0 Å². The van der Waals surface area contributed by atoms with E-state index in [4.69, 9.17) is 0 Å². The largest absolute Gasteiger partial charge is 0.356 e. The van der Waals surface area contributed by atoms with Crippen LogP contribution in [0.4, 0.5) is 4.39 Å². The van der Waals surface area contributed by atoms with Crippen LogP contribution in [0.3, 0.4) is 0 Å². The molecular weight excluding hydrogens is 271 g/mol. The van der Waals surface area contributed by atoms with Crippen molar-refractivity contribution in [3.63, 3.8) is 0 Å². The van der Waals surface area contributed by atoms with Gasteiger partial charge in [0, 0.05) is 32.6 Å². The second-order valence-electron chi connectivity index (χ2n) is 4.95. The Labute approximate surface area is 125 Å². The van der Waals surface area contributed by atoms with Crippen LogP contribution in [0.2, 0.25) is 0 Å². The van der Waals surface area contributed by atoms with Gasteiger partial charge in [-0.3, -0.25) is 9.79 Å². The predicted molar refractivity (Wildman–Crippen MR) is 82.5 cm³/mol. The van der Waals surface area contributed by atoms with Crippen LogP contribution in [-0.2, 0) is 11.3 Å². The third-order valence-corrected chi connectivity index (χ3v) is 2.69. The maximum atomic E-state index is 12.8. The Balaban J connectivity index is 2.29. The highest BCUT2D eigenvalue weighted by Gasteiger charge is 2.04. The van der Waals surface area contributed by atoms with Crippen molar-refractivity contribution in [2.45, 2.75) is 32.9 Å². The molecule has 0 radical (unpaired) electrons. The smallest absolute Gasteiger partial charge is 0.221 e. The number of aliphatic imine (C=N–C) groups is 1. The molecule has 0 saturated carbocycles. The van der Waals surface area contributed by atoms with Crippen molar-refractivity contribution in [3.05, 3.63) is 35.6 Å². The van der Waals surface area contributed by atoms with Crippen molar-refractivity contribution < 1.29 is 9.18 Å². The van der Waals surface area contributed by atoms with E-state index >= 15 is 0 Å². The van der Waals surface area contributed by atoms with Gasteiger partial charge in [0.25, 0.3) is 0 Å². The van der Waals surface area contributed by atoms with Crippen molar-refractivity contribution in [2.75, 3.05) is 13.6 Å². The fourth-order valence-corrected chi connectivity index (χ4v) is 1.70. The molecule has 0 saturated heterocycles. The van der Waals surface area contributed by atoms with E-state index in [1.807, 2.05) is 13.8 Å². The molecule has 5 nitrogen and oxygen atoms in total. The van der Waals surface area contributed by atoms with Gasteiger partial charge in [-0.2, -0.15) is 0 Å². The lowest BCUT2D eigenvalue weighted by Crippen LogP contribution is -2.39. The molecule has 0 spiro atoms. The minimum Gasteiger partial charge on any atom is -0.356 e. The average molecular weight is 294 g/mol. The topological polar surface area (TPSA) is 65.5 Å². The van der Waals surface area contributed by atoms with Gasteiger partial charge in [0.1, 0.15) is 5.82 Å². The van der Waals surface area contributed by atoms with E-state index in [0.29, 0.717) is 25.5 Å². The lowest BCUT2D eigenvalue weighted by molar-refractivity contribution is -0.121. The Hall–Kier alpha value is -2.11. The molecule has 3 N–H and O–H groups in total. The summed E-state index contributed by atoms with van der Waals surface area (Å²) in [6, 6.07) is 6.41. The van der Waals surface area contributed by atoms with E-state index in [2.05, 4.69) is 20.9 Å². The molecule has 0 aliphatic rings. The minimum atomic E-state index is -0.252. The molecular formula is C15H23FN4O. The predicted octanol–water partition coefficient (Wildman–Crippen LogP) is 1.41. The highest BCUT2D eigenvalue weighted by molar-refractivity contribution is 5.81. The van der Waals surface area contributed by atoms with Crippen LogP contribution in [0.25, 0.3) is 0 Å². The molecule has 1 rings (SSSR count). The number of guanidine groups is 1. The van der Waals surface area contributed by atoms with E-state index in [9.17, 15) is 9.18 Å². The number of rotatable bonds is 6. The summed E-state index contributed by atoms with van der Waals surface area (Å²) in [6.07, 6.45) is 0.384. The van der Waals surface area contributed by atoms with Gasteiger partial charge < -0.3 is 16.0 Å². The fraction of sp³-hybridized carbons (Fsp3) is 0.467. The molecule has 0 unspecified atom stereocenters. The van der Waals surface area contributed by atoms with Crippen LogP contribution in [-0.4, -0.2) is 31.5 Å². The van der Waals surface area contributed by atoms with Crippen LogP contribution in [0.5, 0.6) is 0 Å². The molecule has 0 aliphatic carbocycles. The summed E-state index contributed by atoms with van der Waals surface area (Å²) in [4.78, 5) is 15.6. The Morgan fingerprint density at radius 1 is 1.24 bits per heavy atom. The molecule has 1 aromatic carbocycles. The molecule has 0 atom stereocenters. The Kier molecular flexibility index (Phi) is 7.21. The Morgan fingerprint density at radius 2 is 1.90 bits per heavy atom. The number of carbonyl (C=O) groups excluding carboxylic acids is 1. The summed E-state index contributed by atoms with van der Waals surface area (Å²) in [5.41, 5.74) is 0.955. The summed E-state index contributed by atoms with van der Waals surface area (Å²) in [6.45, 7) is 4.89. The monoisotopic (exact) mass is 294 g/mol. The Morgan fingerprint density at radius 3 is 2.48 bits per heavy atom. The van der Waals surface area contributed by atoms with Gasteiger partial charge in [0.05, 0.1) is 0 Å². The third kappa shape index (κ3) is 7.29. The van der Waals surface area contributed by atoms with Crippen molar-refractivity contribution in [2.24, 2.45) is 4.99 Å². The van der Waals surface area contributed by atoms with Crippen LogP contribution < -0.4 is 16.0 Å². The van der Waals surface area contributed by atoms with E-state index in [1.54, 1.807) is 19.2 Å². The number of carbonyl (C=O) groups is 1. The molecule has 0 aliphatic heterocycles. The zero-order chi connectivity index (χ0) is 15.7. The highest BCUT2D eigenvalue weighted by Crippen LogP contribution is 2.01.